The second kappa shape index (κ2) is 11.6. The van der Waals surface area contributed by atoms with E-state index in [2.05, 4.69) is 5.32 Å². The highest BCUT2D eigenvalue weighted by Crippen LogP contribution is 2.26. The molecule has 0 aromatic heterocycles. The summed E-state index contributed by atoms with van der Waals surface area (Å²) in [4.78, 5) is 12.0. The van der Waals surface area contributed by atoms with E-state index in [1.165, 1.54) is 10.4 Å². The number of anilines is 1. The number of rotatable bonds is 11. The van der Waals surface area contributed by atoms with E-state index in [9.17, 15) is 17.6 Å². The van der Waals surface area contributed by atoms with Crippen molar-refractivity contribution < 1.29 is 17.6 Å². The van der Waals surface area contributed by atoms with Gasteiger partial charge in [-0.1, -0.05) is 35.9 Å². The molecule has 0 radical (unpaired) electrons. The molecule has 0 spiro atoms. The van der Waals surface area contributed by atoms with E-state index in [-0.39, 0.29) is 24.7 Å². The van der Waals surface area contributed by atoms with Gasteiger partial charge in [-0.05, 0) is 42.7 Å². The number of hydrogen-bond donors (Lipinski definition) is 1. The molecule has 0 bridgehead atoms. The summed E-state index contributed by atoms with van der Waals surface area (Å²) in [5.41, 5.74) is 1.96. The molecular formula is C21H26ClFN2O3S2. The molecule has 0 saturated heterocycles. The van der Waals surface area contributed by atoms with E-state index in [0.717, 1.165) is 11.8 Å². The molecule has 0 heterocycles. The number of benzene rings is 2. The minimum atomic E-state index is -3.50. The molecule has 2 aromatic rings. The zero-order chi connectivity index (χ0) is 22.1. The topological polar surface area (TPSA) is 66.5 Å². The fourth-order valence-corrected chi connectivity index (χ4v) is 4.87. The predicted molar refractivity (Wildman–Crippen MR) is 123 cm³/mol. The predicted octanol–water partition coefficient (Wildman–Crippen LogP) is 4.38. The maximum Gasteiger partial charge on any atom is 0.232 e. The molecule has 164 valence electrons. The Morgan fingerprint density at radius 2 is 1.97 bits per heavy atom. The first-order valence-electron chi connectivity index (χ1n) is 9.50. The van der Waals surface area contributed by atoms with Crippen molar-refractivity contribution in [3.63, 3.8) is 0 Å². The Bertz CT molecular complexity index is 970. The lowest BCUT2D eigenvalue weighted by Crippen LogP contribution is -2.33. The highest BCUT2D eigenvalue weighted by molar-refractivity contribution is 7.98. The smallest absolute Gasteiger partial charge is 0.232 e. The van der Waals surface area contributed by atoms with Crippen LogP contribution in [0, 0.1) is 12.7 Å². The number of nitrogens with one attached hydrogen (secondary N) is 1. The Morgan fingerprint density at radius 3 is 2.67 bits per heavy atom. The van der Waals surface area contributed by atoms with E-state index in [1.54, 1.807) is 48.2 Å². The van der Waals surface area contributed by atoms with Crippen molar-refractivity contribution in [1.82, 2.24) is 5.32 Å². The number of nitrogens with zero attached hydrogens (tertiary/aromatic N) is 1. The van der Waals surface area contributed by atoms with Gasteiger partial charge in [0.2, 0.25) is 15.9 Å². The normalized spacial score (nSPS) is 11.3. The van der Waals surface area contributed by atoms with Gasteiger partial charge in [0.15, 0.2) is 0 Å². The first-order valence-corrected chi connectivity index (χ1v) is 12.9. The van der Waals surface area contributed by atoms with Gasteiger partial charge >= 0.3 is 0 Å². The van der Waals surface area contributed by atoms with E-state index in [0.29, 0.717) is 40.7 Å². The Hall–Kier alpha value is -1.77. The van der Waals surface area contributed by atoms with Gasteiger partial charge in [0.1, 0.15) is 5.82 Å². The molecule has 2 aromatic carbocycles. The summed E-state index contributed by atoms with van der Waals surface area (Å²) in [6, 6.07) is 11.7. The SMILES string of the molecule is Cc1ccc(Cl)cc1N(CCCC(=O)NCCSCc1ccccc1F)S(C)(=O)=O. The zero-order valence-corrected chi connectivity index (χ0v) is 19.4. The first-order chi connectivity index (χ1) is 14.2. The lowest BCUT2D eigenvalue weighted by molar-refractivity contribution is -0.121. The monoisotopic (exact) mass is 472 g/mol. The Labute approximate surface area is 187 Å². The van der Waals surface area contributed by atoms with Crippen LogP contribution in [0.2, 0.25) is 5.02 Å². The Kier molecular flexibility index (Phi) is 9.45. The summed E-state index contributed by atoms with van der Waals surface area (Å²) < 4.78 is 39.2. The van der Waals surface area contributed by atoms with Crippen molar-refractivity contribution in [3.8, 4) is 0 Å². The van der Waals surface area contributed by atoms with Crippen LogP contribution in [0.4, 0.5) is 10.1 Å². The Balaban J connectivity index is 1.75. The van der Waals surface area contributed by atoms with Gasteiger partial charge in [0.25, 0.3) is 0 Å². The molecule has 30 heavy (non-hydrogen) atoms. The third kappa shape index (κ3) is 7.81. The van der Waals surface area contributed by atoms with Crippen LogP contribution in [0.5, 0.6) is 0 Å². The zero-order valence-electron chi connectivity index (χ0n) is 17.0. The average molecular weight is 473 g/mol. The lowest BCUT2D eigenvalue weighted by Gasteiger charge is -2.24. The lowest BCUT2D eigenvalue weighted by atomic mass is 10.2. The summed E-state index contributed by atoms with van der Waals surface area (Å²) >= 11 is 7.56. The standard InChI is InChI=1S/C21H26ClFN2O3S2/c1-16-9-10-18(22)14-20(16)25(30(2,27)28)12-5-8-21(26)24-11-13-29-15-17-6-3-4-7-19(17)23/h3-4,6-7,9-10,14H,5,8,11-13,15H2,1-2H3,(H,24,26). The van der Waals surface area contributed by atoms with E-state index in [4.69, 9.17) is 11.6 Å². The maximum atomic E-state index is 13.5. The third-order valence-corrected chi connectivity index (χ3v) is 6.81. The van der Waals surface area contributed by atoms with Gasteiger partial charge < -0.3 is 5.32 Å². The van der Waals surface area contributed by atoms with E-state index < -0.39 is 10.0 Å². The Morgan fingerprint density at radius 1 is 1.23 bits per heavy atom. The number of thioether (sulfide) groups is 1. The quantitative estimate of drug-likeness (QED) is 0.493. The molecule has 1 amide bonds. The minimum Gasteiger partial charge on any atom is -0.355 e. The summed E-state index contributed by atoms with van der Waals surface area (Å²) in [7, 11) is -3.50. The van der Waals surface area contributed by atoms with E-state index in [1.807, 2.05) is 6.92 Å². The molecule has 2 rings (SSSR count). The van der Waals surface area contributed by atoms with Gasteiger partial charge in [0.05, 0.1) is 11.9 Å². The average Bonchev–Trinajstić information content (AvgIpc) is 2.67. The highest BCUT2D eigenvalue weighted by Gasteiger charge is 2.19. The molecule has 1 N–H and O–H groups in total. The third-order valence-electron chi connectivity index (χ3n) is 4.39. The fraction of sp³-hybridized carbons (Fsp3) is 0.381. The first kappa shape index (κ1) is 24.5. The van der Waals surface area contributed by atoms with Crippen molar-refractivity contribution in [2.24, 2.45) is 0 Å². The number of sulfonamides is 1. The summed E-state index contributed by atoms with van der Waals surface area (Å²) in [5.74, 6) is 0.847. The van der Waals surface area contributed by atoms with Crippen LogP contribution in [0.15, 0.2) is 42.5 Å². The molecule has 0 unspecified atom stereocenters. The van der Waals surface area contributed by atoms with Crippen molar-refractivity contribution in [3.05, 3.63) is 64.4 Å². The largest absolute Gasteiger partial charge is 0.355 e. The highest BCUT2D eigenvalue weighted by atomic mass is 35.5. The molecule has 9 heteroatoms. The minimum absolute atomic E-state index is 0.141. The van der Waals surface area contributed by atoms with Crippen molar-refractivity contribution in [1.29, 1.82) is 0 Å². The van der Waals surface area contributed by atoms with Crippen LogP contribution in [-0.2, 0) is 20.6 Å². The number of carbonyl (C=O) groups excluding carboxylic acids is 1. The number of hydrogen-bond acceptors (Lipinski definition) is 4. The molecule has 5 nitrogen and oxygen atoms in total. The summed E-state index contributed by atoms with van der Waals surface area (Å²) in [5, 5.41) is 3.27. The van der Waals surface area contributed by atoms with Crippen LogP contribution < -0.4 is 9.62 Å². The summed E-state index contributed by atoms with van der Waals surface area (Å²) in [6.07, 6.45) is 1.73. The van der Waals surface area contributed by atoms with Gasteiger partial charge in [0, 0.05) is 36.0 Å². The van der Waals surface area contributed by atoms with Crippen LogP contribution in [0.3, 0.4) is 0 Å². The molecule has 0 fully saturated rings. The fourth-order valence-electron chi connectivity index (χ4n) is 2.85. The van der Waals surface area contributed by atoms with Gasteiger partial charge in [-0.3, -0.25) is 9.10 Å². The van der Waals surface area contributed by atoms with Crippen molar-refractivity contribution in [2.75, 3.05) is 29.4 Å². The number of halogens is 2. The maximum absolute atomic E-state index is 13.5. The molecule has 0 aliphatic rings. The number of carbonyl (C=O) groups is 1. The van der Waals surface area contributed by atoms with Gasteiger partial charge in [-0.15, -0.1) is 0 Å². The molecular weight excluding hydrogens is 447 g/mol. The van der Waals surface area contributed by atoms with Gasteiger partial charge in [-0.25, -0.2) is 12.8 Å². The van der Waals surface area contributed by atoms with Crippen LogP contribution in [-0.4, -0.2) is 39.4 Å². The molecule has 0 aliphatic heterocycles. The van der Waals surface area contributed by atoms with Crippen LogP contribution in [0.1, 0.15) is 24.0 Å². The number of aryl methyl sites for hydroxylation is 1. The van der Waals surface area contributed by atoms with E-state index >= 15 is 0 Å². The second-order valence-corrected chi connectivity index (χ2v) is 10.3. The van der Waals surface area contributed by atoms with Gasteiger partial charge in [-0.2, -0.15) is 11.8 Å². The second-order valence-electron chi connectivity index (χ2n) is 6.86. The summed E-state index contributed by atoms with van der Waals surface area (Å²) in [6.45, 7) is 2.48. The molecule has 0 saturated carbocycles. The number of amides is 1. The molecule has 0 atom stereocenters. The van der Waals surface area contributed by atoms with Crippen LogP contribution >= 0.6 is 23.4 Å². The molecule has 0 aliphatic carbocycles. The van der Waals surface area contributed by atoms with Crippen molar-refractivity contribution >= 4 is 45.0 Å². The van der Waals surface area contributed by atoms with Crippen molar-refractivity contribution in [2.45, 2.75) is 25.5 Å². The van der Waals surface area contributed by atoms with Crippen LogP contribution in [0.25, 0.3) is 0 Å².